The molecule has 17 heavy (non-hydrogen) atoms. The standard InChI is InChI=1S/C13H13BrN2S/c1-16-8-15-13(14)12(16)10-4-5-11-9(7-10)3-2-6-17-11/h4-5,7-8H,2-3,6H2,1H3. The first-order chi connectivity index (χ1) is 8.25. The van der Waals surface area contributed by atoms with Crippen LogP contribution in [0.4, 0.5) is 0 Å². The Morgan fingerprint density at radius 1 is 1.41 bits per heavy atom. The van der Waals surface area contributed by atoms with Gasteiger partial charge in [-0.25, -0.2) is 4.98 Å². The van der Waals surface area contributed by atoms with Crippen LogP contribution in [0.2, 0.25) is 0 Å². The van der Waals surface area contributed by atoms with E-state index in [-0.39, 0.29) is 0 Å². The molecule has 0 bridgehead atoms. The maximum absolute atomic E-state index is 4.28. The molecule has 1 aliphatic rings. The van der Waals surface area contributed by atoms with E-state index >= 15 is 0 Å². The predicted octanol–water partition coefficient (Wildman–Crippen LogP) is 3.89. The average molecular weight is 309 g/mol. The van der Waals surface area contributed by atoms with Crippen molar-refractivity contribution in [1.29, 1.82) is 0 Å². The lowest BCUT2D eigenvalue weighted by molar-refractivity contribution is 0.887. The molecular formula is C13H13BrN2S. The maximum Gasteiger partial charge on any atom is 0.132 e. The number of fused-ring (bicyclic) bond motifs is 1. The fraction of sp³-hybridized carbons (Fsp3) is 0.308. The Labute approximate surface area is 114 Å². The summed E-state index contributed by atoms with van der Waals surface area (Å²) in [4.78, 5) is 5.72. The van der Waals surface area contributed by atoms with Crippen LogP contribution in [0.3, 0.4) is 0 Å². The van der Waals surface area contributed by atoms with Crippen LogP contribution in [0.15, 0.2) is 34.0 Å². The second-order valence-electron chi connectivity index (χ2n) is 4.27. The third kappa shape index (κ3) is 2.04. The van der Waals surface area contributed by atoms with Gasteiger partial charge in [-0.3, -0.25) is 0 Å². The van der Waals surface area contributed by atoms with Gasteiger partial charge in [0.2, 0.25) is 0 Å². The number of thioether (sulfide) groups is 1. The van der Waals surface area contributed by atoms with E-state index in [4.69, 9.17) is 0 Å². The normalized spacial score (nSPS) is 14.7. The van der Waals surface area contributed by atoms with Crippen LogP contribution >= 0.6 is 27.7 Å². The minimum atomic E-state index is 0.920. The molecule has 0 amide bonds. The van der Waals surface area contributed by atoms with Crippen LogP contribution in [0, 0.1) is 0 Å². The van der Waals surface area contributed by atoms with Gasteiger partial charge in [-0.05, 0) is 52.2 Å². The molecule has 0 spiro atoms. The van der Waals surface area contributed by atoms with Crippen molar-refractivity contribution < 1.29 is 0 Å². The van der Waals surface area contributed by atoms with E-state index in [1.165, 1.54) is 34.6 Å². The van der Waals surface area contributed by atoms with E-state index in [9.17, 15) is 0 Å². The Morgan fingerprint density at radius 2 is 2.29 bits per heavy atom. The Kier molecular flexibility index (Phi) is 3.01. The molecule has 0 unspecified atom stereocenters. The fourth-order valence-electron chi connectivity index (χ4n) is 2.23. The summed E-state index contributed by atoms with van der Waals surface area (Å²) in [6, 6.07) is 6.75. The second kappa shape index (κ2) is 4.50. The summed E-state index contributed by atoms with van der Waals surface area (Å²) in [5, 5.41) is 0. The van der Waals surface area contributed by atoms with E-state index in [2.05, 4.69) is 43.7 Å². The number of rotatable bonds is 1. The van der Waals surface area contributed by atoms with E-state index in [1.54, 1.807) is 0 Å². The molecule has 2 nitrogen and oxygen atoms in total. The van der Waals surface area contributed by atoms with Gasteiger partial charge in [-0.1, -0.05) is 6.07 Å². The summed E-state index contributed by atoms with van der Waals surface area (Å²) in [7, 11) is 2.03. The van der Waals surface area contributed by atoms with Gasteiger partial charge in [0, 0.05) is 17.5 Å². The van der Waals surface area contributed by atoms with Crippen LogP contribution in [0.25, 0.3) is 11.3 Å². The summed E-state index contributed by atoms with van der Waals surface area (Å²) in [5.74, 6) is 1.25. The van der Waals surface area contributed by atoms with E-state index < -0.39 is 0 Å². The van der Waals surface area contributed by atoms with Gasteiger partial charge in [-0.15, -0.1) is 11.8 Å². The first-order valence-corrected chi connectivity index (χ1v) is 7.46. The Hall–Kier alpha value is -0.740. The molecule has 3 rings (SSSR count). The summed E-state index contributed by atoms with van der Waals surface area (Å²) >= 11 is 5.48. The molecule has 2 heterocycles. The number of imidazole rings is 1. The predicted molar refractivity (Wildman–Crippen MR) is 75.4 cm³/mol. The third-order valence-corrected chi connectivity index (χ3v) is 4.86. The van der Waals surface area contributed by atoms with Gasteiger partial charge < -0.3 is 4.57 Å². The molecule has 0 atom stereocenters. The number of nitrogens with zero attached hydrogens (tertiary/aromatic N) is 2. The molecule has 1 aromatic heterocycles. The topological polar surface area (TPSA) is 17.8 Å². The third-order valence-electron chi connectivity index (χ3n) is 3.07. The lowest BCUT2D eigenvalue weighted by atomic mass is 10.0. The van der Waals surface area contributed by atoms with Gasteiger partial charge in [-0.2, -0.15) is 0 Å². The molecule has 0 saturated heterocycles. The Balaban J connectivity index is 2.10. The average Bonchev–Trinajstić information content (AvgIpc) is 2.68. The van der Waals surface area contributed by atoms with Crippen molar-refractivity contribution in [3.8, 4) is 11.3 Å². The Morgan fingerprint density at radius 3 is 3.06 bits per heavy atom. The highest BCUT2D eigenvalue weighted by atomic mass is 79.9. The smallest absolute Gasteiger partial charge is 0.132 e. The zero-order valence-corrected chi connectivity index (χ0v) is 12.0. The van der Waals surface area contributed by atoms with Crippen molar-refractivity contribution in [2.45, 2.75) is 17.7 Å². The van der Waals surface area contributed by atoms with Gasteiger partial charge in [0.1, 0.15) is 4.60 Å². The number of hydrogen-bond donors (Lipinski definition) is 0. The van der Waals surface area contributed by atoms with Crippen molar-refractivity contribution in [3.63, 3.8) is 0 Å². The first-order valence-electron chi connectivity index (χ1n) is 5.68. The van der Waals surface area contributed by atoms with E-state index in [0.29, 0.717) is 0 Å². The highest BCUT2D eigenvalue weighted by molar-refractivity contribution is 9.10. The molecule has 2 aromatic rings. The van der Waals surface area contributed by atoms with Crippen molar-refractivity contribution in [2.24, 2.45) is 7.05 Å². The number of aryl methyl sites for hydroxylation is 2. The zero-order valence-electron chi connectivity index (χ0n) is 9.61. The van der Waals surface area contributed by atoms with Crippen LogP contribution < -0.4 is 0 Å². The molecule has 0 fully saturated rings. The monoisotopic (exact) mass is 308 g/mol. The van der Waals surface area contributed by atoms with Crippen LogP contribution in [0.1, 0.15) is 12.0 Å². The van der Waals surface area contributed by atoms with Crippen molar-refractivity contribution in [2.75, 3.05) is 5.75 Å². The van der Waals surface area contributed by atoms with E-state index in [0.717, 1.165) is 10.3 Å². The summed E-state index contributed by atoms with van der Waals surface area (Å²) in [6.45, 7) is 0. The molecule has 0 saturated carbocycles. The minimum absolute atomic E-state index is 0.920. The van der Waals surface area contributed by atoms with Crippen molar-refractivity contribution >= 4 is 27.7 Å². The fourth-order valence-corrected chi connectivity index (χ4v) is 3.85. The molecule has 1 aromatic carbocycles. The lowest BCUT2D eigenvalue weighted by Crippen LogP contribution is -1.99. The van der Waals surface area contributed by atoms with Crippen molar-refractivity contribution in [3.05, 3.63) is 34.7 Å². The van der Waals surface area contributed by atoms with Gasteiger partial charge in [0.05, 0.1) is 12.0 Å². The molecule has 0 N–H and O–H groups in total. The van der Waals surface area contributed by atoms with Crippen LogP contribution in [0.5, 0.6) is 0 Å². The van der Waals surface area contributed by atoms with Crippen molar-refractivity contribution in [1.82, 2.24) is 9.55 Å². The SMILES string of the molecule is Cn1cnc(Br)c1-c1ccc2c(c1)CCCS2. The summed E-state index contributed by atoms with van der Waals surface area (Å²) < 4.78 is 2.98. The molecule has 4 heteroatoms. The first kappa shape index (κ1) is 11.4. The molecular weight excluding hydrogens is 296 g/mol. The number of aromatic nitrogens is 2. The second-order valence-corrected chi connectivity index (χ2v) is 6.16. The Bertz CT molecular complexity index is 543. The zero-order chi connectivity index (χ0) is 11.8. The summed E-state index contributed by atoms with van der Waals surface area (Å²) in [5.41, 5.74) is 3.88. The summed E-state index contributed by atoms with van der Waals surface area (Å²) in [6.07, 6.45) is 4.33. The maximum atomic E-state index is 4.28. The minimum Gasteiger partial charge on any atom is -0.333 e. The highest BCUT2D eigenvalue weighted by Gasteiger charge is 2.14. The van der Waals surface area contributed by atoms with Gasteiger partial charge in [0.25, 0.3) is 0 Å². The molecule has 88 valence electrons. The quantitative estimate of drug-likeness (QED) is 0.795. The van der Waals surface area contributed by atoms with Crippen LogP contribution in [-0.2, 0) is 13.5 Å². The lowest BCUT2D eigenvalue weighted by Gasteiger charge is -2.16. The van der Waals surface area contributed by atoms with E-state index in [1.807, 2.05) is 25.1 Å². The number of benzene rings is 1. The van der Waals surface area contributed by atoms with Crippen LogP contribution in [-0.4, -0.2) is 15.3 Å². The number of hydrogen-bond acceptors (Lipinski definition) is 2. The largest absolute Gasteiger partial charge is 0.333 e. The molecule has 0 aliphatic carbocycles. The molecule has 0 radical (unpaired) electrons. The molecule has 1 aliphatic heterocycles. The highest BCUT2D eigenvalue weighted by Crippen LogP contribution is 2.34. The number of halogens is 1. The van der Waals surface area contributed by atoms with Gasteiger partial charge in [0.15, 0.2) is 0 Å². The van der Waals surface area contributed by atoms with Gasteiger partial charge >= 0.3 is 0 Å².